The van der Waals surface area contributed by atoms with Gasteiger partial charge in [0.15, 0.2) is 0 Å². The Morgan fingerprint density at radius 2 is 1.84 bits per heavy atom. The first-order chi connectivity index (χ1) is 15.7. The molecule has 0 radical (unpaired) electrons. The molecular weight excluding hydrogens is 404 g/mol. The fourth-order valence-corrected chi connectivity index (χ4v) is 3.07. The number of aromatic nitrogens is 2. The minimum absolute atomic E-state index is 0.131. The van der Waals surface area contributed by atoms with Crippen molar-refractivity contribution in [2.75, 3.05) is 6.61 Å². The van der Waals surface area contributed by atoms with Gasteiger partial charge in [-0.25, -0.2) is 5.43 Å². The van der Waals surface area contributed by atoms with Crippen LogP contribution in [-0.2, 0) is 6.42 Å². The summed E-state index contributed by atoms with van der Waals surface area (Å²) in [5.74, 6) is 0.492. The Bertz CT molecular complexity index is 1200. The van der Waals surface area contributed by atoms with Crippen molar-refractivity contribution in [1.82, 2.24) is 15.6 Å². The van der Waals surface area contributed by atoms with Gasteiger partial charge in [0.05, 0.1) is 18.5 Å². The van der Waals surface area contributed by atoms with E-state index >= 15 is 0 Å². The van der Waals surface area contributed by atoms with Crippen LogP contribution in [0.25, 0.3) is 11.3 Å². The van der Waals surface area contributed by atoms with Crippen LogP contribution in [0.5, 0.6) is 11.5 Å². The molecule has 3 aromatic carbocycles. The molecule has 0 aliphatic carbocycles. The molecule has 0 spiro atoms. The third-order valence-corrected chi connectivity index (χ3v) is 4.72. The third kappa shape index (κ3) is 5.60. The van der Waals surface area contributed by atoms with Crippen LogP contribution >= 0.6 is 0 Å². The molecule has 7 nitrogen and oxygen atoms in total. The summed E-state index contributed by atoms with van der Waals surface area (Å²) < 4.78 is 5.81. The molecule has 0 saturated carbocycles. The summed E-state index contributed by atoms with van der Waals surface area (Å²) in [7, 11) is 0. The van der Waals surface area contributed by atoms with E-state index in [-0.39, 0.29) is 11.4 Å². The lowest BCUT2D eigenvalue weighted by molar-refractivity contribution is 0.0950. The number of carbonyl (C=O) groups excluding carboxylic acids is 1. The van der Waals surface area contributed by atoms with Crippen LogP contribution < -0.4 is 10.2 Å². The molecule has 0 aliphatic rings. The molecule has 0 bridgehead atoms. The second kappa shape index (κ2) is 10.1. The zero-order valence-corrected chi connectivity index (χ0v) is 17.2. The van der Waals surface area contributed by atoms with Crippen LogP contribution in [0.3, 0.4) is 0 Å². The van der Waals surface area contributed by atoms with Crippen LogP contribution in [0.1, 0.15) is 21.6 Å². The van der Waals surface area contributed by atoms with E-state index in [2.05, 4.69) is 32.9 Å². The van der Waals surface area contributed by atoms with E-state index < -0.39 is 5.91 Å². The van der Waals surface area contributed by atoms with E-state index in [0.717, 1.165) is 17.7 Å². The summed E-state index contributed by atoms with van der Waals surface area (Å²) in [5.41, 5.74) is 6.13. The normalized spacial score (nSPS) is 10.9. The zero-order chi connectivity index (χ0) is 22.2. The Morgan fingerprint density at radius 1 is 1.03 bits per heavy atom. The number of nitrogens with one attached hydrogen (secondary N) is 2. The molecule has 4 aromatic rings. The van der Waals surface area contributed by atoms with Gasteiger partial charge in [0.2, 0.25) is 0 Å². The van der Waals surface area contributed by atoms with Gasteiger partial charge in [0, 0.05) is 12.0 Å². The number of ether oxygens (including phenoxy) is 1. The summed E-state index contributed by atoms with van der Waals surface area (Å²) in [6, 6.07) is 26.0. The number of rotatable bonds is 8. The number of hydrazone groups is 1. The van der Waals surface area contributed by atoms with Crippen LogP contribution in [-0.4, -0.2) is 34.0 Å². The number of hydrogen-bond donors (Lipinski definition) is 3. The first kappa shape index (κ1) is 20.9. The molecule has 3 N–H and O–H groups in total. The van der Waals surface area contributed by atoms with Gasteiger partial charge in [-0.3, -0.25) is 9.89 Å². The lowest BCUT2D eigenvalue weighted by Gasteiger charge is -2.06. The van der Waals surface area contributed by atoms with Gasteiger partial charge in [-0.15, -0.1) is 0 Å². The van der Waals surface area contributed by atoms with Crippen molar-refractivity contribution >= 4 is 12.1 Å². The van der Waals surface area contributed by atoms with Crippen molar-refractivity contribution in [3.63, 3.8) is 0 Å². The molecule has 32 heavy (non-hydrogen) atoms. The van der Waals surface area contributed by atoms with Crippen LogP contribution in [0.4, 0.5) is 0 Å². The highest BCUT2D eigenvalue weighted by Crippen LogP contribution is 2.21. The quantitative estimate of drug-likeness (QED) is 0.291. The maximum absolute atomic E-state index is 12.3. The molecule has 1 amide bonds. The van der Waals surface area contributed by atoms with Crippen molar-refractivity contribution in [3.05, 3.63) is 102 Å². The van der Waals surface area contributed by atoms with E-state index in [9.17, 15) is 9.90 Å². The lowest BCUT2D eigenvalue weighted by Crippen LogP contribution is -2.17. The second-order valence-electron chi connectivity index (χ2n) is 7.07. The highest BCUT2D eigenvalue weighted by atomic mass is 16.5. The number of phenols is 1. The molecule has 160 valence electrons. The van der Waals surface area contributed by atoms with Gasteiger partial charge in [-0.2, -0.15) is 10.2 Å². The molecule has 7 heteroatoms. The smallest absolute Gasteiger partial charge is 0.289 e. The molecule has 0 fully saturated rings. The van der Waals surface area contributed by atoms with Gasteiger partial charge >= 0.3 is 0 Å². The second-order valence-corrected chi connectivity index (χ2v) is 7.07. The van der Waals surface area contributed by atoms with E-state index in [1.54, 1.807) is 30.3 Å². The van der Waals surface area contributed by atoms with E-state index in [4.69, 9.17) is 4.74 Å². The average molecular weight is 426 g/mol. The maximum atomic E-state index is 12.3. The number of nitrogens with zero attached hydrogens (tertiary/aromatic N) is 2. The summed E-state index contributed by atoms with van der Waals surface area (Å²) in [5, 5.41) is 20.3. The van der Waals surface area contributed by atoms with Gasteiger partial charge < -0.3 is 9.84 Å². The Morgan fingerprint density at radius 3 is 2.62 bits per heavy atom. The topological polar surface area (TPSA) is 99.6 Å². The molecule has 1 heterocycles. The molecular formula is C25H22N4O3. The van der Waals surface area contributed by atoms with Gasteiger partial charge in [0.1, 0.15) is 17.2 Å². The number of H-pyrrole nitrogens is 1. The first-order valence-electron chi connectivity index (χ1n) is 10.1. The number of phenolic OH excluding ortho intramolecular Hbond substituents is 1. The predicted octanol–water partition coefficient (Wildman–Crippen LogP) is 4.17. The Balaban J connectivity index is 1.31. The number of benzene rings is 3. The molecule has 4 rings (SSSR count). The summed E-state index contributed by atoms with van der Waals surface area (Å²) in [6.07, 6.45) is 2.29. The first-order valence-corrected chi connectivity index (χ1v) is 10.1. The standard InChI is InChI=1S/C25H22N4O3/c30-21-8-4-7-19(15-21)17-26-29-25(31)24-16-23(27-28-24)20-9-11-22(12-10-20)32-14-13-18-5-2-1-3-6-18/h1-12,15-17,30H,13-14H2,(H,27,28)(H,29,31). The van der Waals surface area contributed by atoms with Crippen molar-refractivity contribution < 1.29 is 14.6 Å². The minimum atomic E-state index is -0.416. The summed E-state index contributed by atoms with van der Waals surface area (Å²) in [4.78, 5) is 12.3. The molecule has 0 unspecified atom stereocenters. The summed E-state index contributed by atoms with van der Waals surface area (Å²) >= 11 is 0. The van der Waals surface area contributed by atoms with Gasteiger partial charge in [0.25, 0.3) is 5.91 Å². The number of hydrogen-bond acceptors (Lipinski definition) is 5. The van der Waals surface area contributed by atoms with Crippen molar-refractivity contribution in [3.8, 4) is 22.8 Å². The number of aromatic amines is 1. The van der Waals surface area contributed by atoms with Gasteiger partial charge in [-0.1, -0.05) is 42.5 Å². The van der Waals surface area contributed by atoms with Crippen LogP contribution in [0.2, 0.25) is 0 Å². The Kier molecular flexibility index (Phi) is 6.57. The Labute approximate surface area is 185 Å². The highest BCUT2D eigenvalue weighted by molar-refractivity contribution is 5.94. The zero-order valence-electron chi connectivity index (χ0n) is 17.2. The van der Waals surface area contributed by atoms with E-state index in [0.29, 0.717) is 17.9 Å². The van der Waals surface area contributed by atoms with Crippen LogP contribution in [0, 0.1) is 0 Å². The summed E-state index contributed by atoms with van der Waals surface area (Å²) in [6.45, 7) is 0.596. The van der Waals surface area contributed by atoms with E-state index in [1.165, 1.54) is 11.8 Å². The van der Waals surface area contributed by atoms with Crippen LogP contribution in [0.15, 0.2) is 90.0 Å². The Hall–Kier alpha value is -4.39. The fourth-order valence-electron chi connectivity index (χ4n) is 3.07. The lowest BCUT2D eigenvalue weighted by atomic mass is 10.1. The SMILES string of the molecule is O=C(NN=Cc1cccc(O)c1)c1cc(-c2ccc(OCCc3ccccc3)cc2)n[nH]1. The number of carbonyl (C=O) groups is 1. The molecule has 0 atom stereocenters. The third-order valence-electron chi connectivity index (χ3n) is 4.72. The van der Waals surface area contributed by atoms with Crippen molar-refractivity contribution in [1.29, 1.82) is 0 Å². The van der Waals surface area contributed by atoms with E-state index in [1.807, 2.05) is 42.5 Å². The minimum Gasteiger partial charge on any atom is -0.508 e. The van der Waals surface area contributed by atoms with Crippen molar-refractivity contribution in [2.24, 2.45) is 5.10 Å². The predicted molar refractivity (Wildman–Crippen MR) is 123 cm³/mol. The largest absolute Gasteiger partial charge is 0.508 e. The number of amides is 1. The molecule has 1 aromatic heterocycles. The molecule has 0 aliphatic heterocycles. The fraction of sp³-hybridized carbons (Fsp3) is 0.0800. The van der Waals surface area contributed by atoms with Crippen molar-refractivity contribution in [2.45, 2.75) is 6.42 Å². The monoisotopic (exact) mass is 426 g/mol. The molecule has 0 saturated heterocycles. The maximum Gasteiger partial charge on any atom is 0.289 e. The average Bonchev–Trinajstić information content (AvgIpc) is 3.31. The highest BCUT2D eigenvalue weighted by Gasteiger charge is 2.10. The number of aromatic hydroxyl groups is 1. The van der Waals surface area contributed by atoms with Gasteiger partial charge in [-0.05, 0) is 53.6 Å².